The van der Waals surface area contributed by atoms with E-state index >= 15 is 0 Å². The predicted octanol–water partition coefficient (Wildman–Crippen LogP) is 2.40. The number of piperazine rings is 1. The lowest BCUT2D eigenvalue weighted by molar-refractivity contribution is -0.132. The second kappa shape index (κ2) is 8.90. The molecule has 0 saturated carbocycles. The molecule has 1 N–H and O–H groups in total. The topological polar surface area (TPSA) is 41.6 Å². The maximum Gasteiger partial charge on any atom is 0.222 e. The number of nitrogens with one attached hydrogen (secondary N) is 1. The fourth-order valence-electron chi connectivity index (χ4n) is 2.44. The van der Waals surface area contributed by atoms with E-state index in [1.165, 1.54) is 5.56 Å². The van der Waals surface area contributed by atoms with Gasteiger partial charge in [0.2, 0.25) is 5.91 Å². The number of rotatable bonds is 5. The number of benzene rings is 1. The molecular weight excluding hydrogens is 288 g/mol. The summed E-state index contributed by atoms with van der Waals surface area (Å²) in [5.41, 5.74) is 1.19. The molecule has 1 aliphatic rings. The first kappa shape index (κ1) is 17.8. The molecule has 0 spiro atoms. The summed E-state index contributed by atoms with van der Waals surface area (Å²) >= 11 is 0. The van der Waals surface area contributed by atoms with Crippen LogP contribution in [0.3, 0.4) is 0 Å². The number of aryl methyl sites for hydroxylation is 1. The number of ether oxygens (including phenoxy) is 1. The van der Waals surface area contributed by atoms with E-state index in [1.54, 1.807) is 0 Å². The first-order chi connectivity index (χ1) is 9.65. The lowest BCUT2D eigenvalue weighted by Gasteiger charge is -2.32. The summed E-state index contributed by atoms with van der Waals surface area (Å²) in [6.45, 7) is 7.28. The molecule has 1 aromatic rings. The summed E-state index contributed by atoms with van der Waals surface area (Å²) in [7, 11) is 0. The van der Waals surface area contributed by atoms with Gasteiger partial charge >= 0.3 is 0 Å². The molecule has 4 nitrogen and oxygen atoms in total. The van der Waals surface area contributed by atoms with Crippen molar-refractivity contribution in [2.75, 3.05) is 26.2 Å². The van der Waals surface area contributed by atoms with E-state index in [-0.39, 0.29) is 18.3 Å². The zero-order chi connectivity index (χ0) is 14.4. The van der Waals surface area contributed by atoms with Crippen molar-refractivity contribution in [1.29, 1.82) is 0 Å². The van der Waals surface area contributed by atoms with E-state index in [0.29, 0.717) is 19.1 Å². The molecule has 1 unspecified atom stereocenters. The molecule has 21 heavy (non-hydrogen) atoms. The fourth-order valence-corrected chi connectivity index (χ4v) is 2.44. The van der Waals surface area contributed by atoms with Crippen LogP contribution in [0.1, 0.15) is 25.3 Å². The second-order valence-electron chi connectivity index (χ2n) is 5.46. The van der Waals surface area contributed by atoms with Crippen LogP contribution in [0.4, 0.5) is 0 Å². The number of carbonyl (C=O) groups is 1. The SMILES string of the molecule is Cc1cccc(OCCCC(=O)N2CCNC(C)C2)c1.Cl. The van der Waals surface area contributed by atoms with Crippen LogP contribution in [-0.2, 0) is 4.79 Å². The number of nitrogens with zero attached hydrogens (tertiary/aromatic N) is 1. The van der Waals surface area contributed by atoms with Crippen molar-refractivity contribution in [2.45, 2.75) is 32.7 Å². The Hall–Kier alpha value is -1.26. The highest BCUT2D eigenvalue weighted by atomic mass is 35.5. The highest BCUT2D eigenvalue weighted by Crippen LogP contribution is 2.13. The summed E-state index contributed by atoms with van der Waals surface area (Å²) in [6.07, 6.45) is 1.34. The Morgan fingerprint density at radius 1 is 1.48 bits per heavy atom. The van der Waals surface area contributed by atoms with E-state index in [9.17, 15) is 4.79 Å². The lowest BCUT2D eigenvalue weighted by Crippen LogP contribution is -2.51. The average Bonchev–Trinajstić information content (AvgIpc) is 2.43. The monoisotopic (exact) mass is 312 g/mol. The third-order valence-corrected chi connectivity index (χ3v) is 3.51. The maximum absolute atomic E-state index is 12.1. The van der Waals surface area contributed by atoms with E-state index in [2.05, 4.69) is 12.2 Å². The molecule has 5 heteroatoms. The van der Waals surface area contributed by atoms with Crippen molar-refractivity contribution in [2.24, 2.45) is 0 Å². The quantitative estimate of drug-likeness (QED) is 0.849. The van der Waals surface area contributed by atoms with Gasteiger partial charge in [-0.1, -0.05) is 12.1 Å². The average molecular weight is 313 g/mol. The highest BCUT2D eigenvalue weighted by molar-refractivity contribution is 5.85. The van der Waals surface area contributed by atoms with E-state index in [0.717, 1.165) is 31.8 Å². The first-order valence-electron chi connectivity index (χ1n) is 7.36. The largest absolute Gasteiger partial charge is 0.494 e. The van der Waals surface area contributed by atoms with Crippen molar-refractivity contribution in [3.8, 4) is 5.75 Å². The van der Waals surface area contributed by atoms with Crippen LogP contribution in [0.15, 0.2) is 24.3 Å². The molecule has 0 aliphatic carbocycles. The van der Waals surface area contributed by atoms with Crippen LogP contribution in [0.5, 0.6) is 5.75 Å². The van der Waals surface area contributed by atoms with Crippen molar-refractivity contribution in [3.05, 3.63) is 29.8 Å². The minimum atomic E-state index is 0. The third kappa shape index (κ3) is 5.94. The number of hydrogen-bond donors (Lipinski definition) is 1. The van der Waals surface area contributed by atoms with E-state index in [4.69, 9.17) is 4.74 Å². The standard InChI is InChI=1S/C16H24N2O2.ClH/c1-13-5-3-6-15(11-13)20-10-4-7-16(19)18-9-8-17-14(2)12-18;/h3,5-6,11,14,17H,4,7-10,12H2,1-2H3;1H. The van der Waals surface area contributed by atoms with Gasteiger partial charge in [0, 0.05) is 32.1 Å². The minimum absolute atomic E-state index is 0. The van der Waals surface area contributed by atoms with Gasteiger partial charge < -0.3 is 15.0 Å². The zero-order valence-electron chi connectivity index (χ0n) is 12.8. The fraction of sp³-hybridized carbons (Fsp3) is 0.562. The van der Waals surface area contributed by atoms with Gasteiger partial charge in [0.15, 0.2) is 0 Å². The smallest absolute Gasteiger partial charge is 0.222 e. The van der Waals surface area contributed by atoms with Gasteiger partial charge in [0.1, 0.15) is 5.75 Å². The van der Waals surface area contributed by atoms with Gasteiger partial charge in [0.25, 0.3) is 0 Å². The van der Waals surface area contributed by atoms with Gasteiger partial charge in [-0.05, 0) is 38.0 Å². The number of hydrogen-bond acceptors (Lipinski definition) is 3. The summed E-state index contributed by atoms with van der Waals surface area (Å²) in [6, 6.07) is 8.39. The summed E-state index contributed by atoms with van der Waals surface area (Å²) in [4.78, 5) is 14.0. The van der Waals surface area contributed by atoms with Crippen molar-refractivity contribution >= 4 is 18.3 Å². The molecule has 1 aliphatic heterocycles. The Kier molecular flexibility index (Phi) is 7.54. The lowest BCUT2D eigenvalue weighted by atomic mass is 10.2. The molecule has 1 heterocycles. The molecule has 2 rings (SSSR count). The summed E-state index contributed by atoms with van der Waals surface area (Å²) in [5, 5.41) is 3.34. The number of halogens is 1. The summed E-state index contributed by atoms with van der Waals surface area (Å²) < 4.78 is 5.66. The Bertz CT molecular complexity index is 454. The molecule has 0 radical (unpaired) electrons. The molecule has 0 bridgehead atoms. The van der Waals surface area contributed by atoms with Crippen molar-refractivity contribution in [1.82, 2.24) is 10.2 Å². The maximum atomic E-state index is 12.1. The number of amides is 1. The van der Waals surface area contributed by atoms with Gasteiger partial charge in [-0.3, -0.25) is 4.79 Å². The molecule has 118 valence electrons. The highest BCUT2D eigenvalue weighted by Gasteiger charge is 2.19. The molecular formula is C16H25ClN2O2. The van der Waals surface area contributed by atoms with Crippen molar-refractivity contribution in [3.63, 3.8) is 0 Å². The second-order valence-corrected chi connectivity index (χ2v) is 5.46. The molecule has 1 amide bonds. The molecule has 1 saturated heterocycles. The van der Waals surface area contributed by atoms with Crippen LogP contribution in [0.25, 0.3) is 0 Å². The molecule has 1 atom stereocenters. The van der Waals surface area contributed by atoms with Crippen LogP contribution in [-0.4, -0.2) is 43.1 Å². The zero-order valence-corrected chi connectivity index (χ0v) is 13.6. The molecule has 1 aromatic carbocycles. The van der Waals surface area contributed by atoms with Gasteiger partial charge in [-0.25, -0.2) is 0 Å². The third-order valence-electron chi connectivity index (χ3n) is 3.51. The Morgan fingerprint density at radius 2 is 2.29 bits per heavy atom. The van der Waals surface area contributed by atoms with E-state index < -0.39 is 0 Å². The van der Waals surface area contributed by atoms with Crippen LogP contribution in [0, 0.1) is 6.92 Å². The van der Waals surface area contributed by atoms with E-state index in [1.807, 2.05) is 36.1 Å². The first-order valence-corrected chi connectivity index (χ1v) is 7.36. The Labute approximate surface area is 133 Å². The summed E-state index contributed by atoms with van der Waals surface area (Å²) in [5.74, 6) is 1.12. The molecule has 1 fully saturated rings. The van der Waals surface area contributed by atoms with Crippen molar-refractivity contribution < 1.29 is 9.53 Å². The minimum Gasteiger partial charge on any atom is -0.494 e. The van der Waals surface area contributed by atoms with Crippen LogP contribution < -0.4 is 10.1 Å². The molecule has 0 aromatic heterocycles. The van der Waals surface area contributed by atoms with Crippen LogP contribution >= 0.6 is 12.4 Å². The predicted molar refractivity (Wildman–Crippen MR) is 87.2 cm³/mol. The normalized spacial score (nSPS) is 18.0. The van der Waals surface area contributed by atoms with Gasteiger partial charge in [-0.2, -0.15) is 0 Å². The Morgan fingerprint density at radius 3 is 3.00 bits per heavy atom. The van der Waals surface area contributed by atoms with Gasteiger partial charge in [-0.15, -0.1) is 12.4 Å². The van der Waals surface area contributed by atoms with Crippen LogP contribution in [0.2, 0.25) is 0 Å². The van der Waals surface area contributed by atoms with Gasteiger partial charge in [0.05, 0.1) is 6.61 Å². The Balaban J connectivity index is 0.00000220. The number of carbonyl (C=O) groups excluding carboxylic acids is 1.